The van der Waals surface area contributed by atoms with Gasteiger partial charge in [0.1, 0.15) is 5.82 Å². The van der Waals surface area contributed by atoms with Crippen molar-refractivity contribution < 1.29 is 9.90 Å². The van der Waals surface area contributed by atoms with Crippen molar-refractivity contribution in [1.29, 1.82) is 0 Å². The minimum absolute atomic E-state index is 0.653. The quantitative estimate of drug-likeness (QED) is 0.587. The van der Waals surface area contributed by atoms with E-state index < -0.39 is 5.97 Å². The highest BCUT2D eigenvalue weighted by Crippen LogP contribution is 1.92. The largest absolute Gasteiger partial charge is 0.481 e. The van der Waals surface area contributed by atoms with Crippen LogP contribution < -0.4 is 11.5 Å². The van der Waals surface area contributed by atoms with Gasteiger partial charge in [-0.05, 0) is 13.8 Å². The Kier molecular flexibility index (Phi) is 9.48. The lowest BCUT2D eigenvalue weighted by molar-refractivity contribution is -0.134. The van der Waals surface area contributed by atoms with Crippen LogP contribution in [0.4, 0.5) is 0 Å². The first-order valence-electron chi connectivity index (χ1n) is 4.11. The standard InChI is InChI=1S/C6H15N3.C2H4O2/c1-3-9(4-2)6(8)5-7;1-2(3)4/h5H,3-4,7-8H2,1-2H3;1H3,(H,3,4)/b6-5+;. The number of carbonyl (C=O) groups is 1. The Balaban J connectivity index is 0. The molecule has 0 radical (unpaired) electrons. The maximum atomic E-state index is 9.00. The van der Waals surface area contributed by atoms with Crippen molar-refractivity contribution in [2.45, 2.75) is 20.8 Å². The third kappa shape index (κ3) is 10.6. The van der Waals surface area contributed by atoms with Gasteiger partial charge in [-0.3, -0.25) is 4.79 Å². The zero-order valence-electron chi connectivity index (χ0n) is 8.45. The average Bonchev–Trinajstić information content (AvgIpc) is 2.05. The van der Waals surface area contributed by atoms with Gasteiger partial charge in [0, 0.05) is 26.2 Å². The molecule has 0 aromatic carbocycles. The molecule has 13 heavy (non-hydrogen) atoms. The van der Waals surface area contributed by atoms with Gasteiger partial charge in [-0.15, -0.1) is 0 Å². The van der Waals surface area contributed by atoms with E-state index in [2.05, 4.69) is 0 Å². The number of aliphatic carboxylic acids is 1. The minimum atomic E-state index is -0.833. The fraction of sp³-hybridized carbons (Fsp3) is 0.625. The highest BCUT2D eigenvalue weighted by molar-refractivity contribution is 5.62. The molecule has 0 saturated carbocycles. The summed E-state index contributed by atoms with van der Waals surface area (Å²) in [6, 6.07) is 0. The molecule has 0 heterocycles. The zero-order chi connectivity index (χ0) is 10.9. The first kappa shape index (κ1) is 14.2. The molecule has 0 rings (SSSR count). The lowest BCUT2D eigenvalue weighted by Crippen LogP contribution is -2.27. The summed E-state index contributed by atoms with van der Waals surface area (Å²) in [4.78, 5) is 11.0. The van der Waals surface area contributed by atoms with E-state index in [0.29, 0.717) is 5.82 Å². The fourth-order valence-electron chi connectivity index (χ4n) is 0.694. The summed E-state index contributed by atoms with van der Waals surface area (Å²) in [7, 11) is 0. The van der Waals surface area contributed by atoms with E-state index in [1.54, 1.807) is 0 Å². The minimum Gasteiger partial charge on any atom is -0.481 e. The van der Waals surface area contributed by atoms with Crippen molar-refractivity contribution in [1.82, 2.24) is 4.90 Å². The molecule has 0 spiro atoms. The highest BCUT2D eigenvalue weighted by Gasteiger charge is 1.96. The van der Waals surface area contributed by atoms with E-state index in [1.165, 1.54) is 6.20 Å². The summed E-state index contributed by atoms with van der Waals surface area (Å²) < 4.78 is 0. The summed E-state index contributed by atoms with van der Waals surface area (Å²) >= 11 is 0. The molecule has 0 fully saturated rings. The molecule has 0 bridgehead atoms. The summed E-state index contributed by atoms with van der Waals surface area (Å²) in [5.41, 5.74) is 10.7. The topological polar surface area (TPSA) is 92.6 Å². The first-order valence-corrected chi connectivity index (χ1v) is 4.11. The number of rotatable bonds is 3. The van der Waals surface area contributed by atoms with Gasteiger partial charge in [0.05, 0.1) is 0 Å². The second kappa shape index (κ2) is 8.70. The maximum absolute atomic E-state index is 9.00. The van der Waals surface area contributed by atoms with Gasteiger partial charge in [0.25, 0.3) is 5.97 Å². The van der Waals surface area contributed by atoms with Crippen LogP contribution in [0.1, 0.15) is 20.8 Å². The van der Waals surface area contributed by atoms with Gasteiger partial charge < -0.3 is 21.5 Å². The Morgan fingerprint density at radius 2 is 1.77 bits per heavy atom. The lowest BCUT2D eigenvalue weighted by atomic mass is 10.5. The molecule has 0 aliphatic carbocycles. The van der Waals surface area contributed by atoms with Gasteiger partial charge in [-0.1, -0.05) is 0 Å². The predicted molar refractivity (Wildman–Crippen MR) is 52.7 cm³/mol. The molecule has 5 nitrogen and oxygen atoms in total. The number of carboxylic acids is 1. The summed E-state index contributed by atoms with van der Waals surface area (Å²) in [5.74, 6) is -0.181. The van der Waals surface area contributed by atoms with Crippen molar-refractivity contribution in [2.24, 2.45) is 11.5 Å². The van der Waals surface area contributed by atoms with Crippen molar-refractivity contribution in [3.05, 3.63) is 12.0 Å². The molecule has 0 atom stereocenters. The van der Waals surface area contributed by atoms with Crippen LogP contribution in [0.2, 0.25) is 0 Å². The number of carboxylic acid groups (broad SMARTS) is 1. The number of hydrogen-bond acceptors (Lipinski definition) is 4. The Hall–Kier alpha value is -1.39. The summed E-state index contributed by atoms with van der Waals surface area (Å²) in [6.07, 6.45) is 1.42. The van der Waals surface area contributed by atoms with Gasteiger partial charge in [-0.2, -0.15) is 0 Å². The Bertz CT molecular complexity index is 161. The Labute approximate surface area is 79.0 Å². The molecule has 5 N–H and O–H groups in total. The van der Waals surface area contributed by atoms with Crippen LogP contribution in [0, 0.1) is 0 Å². The number of nitrogens with zero attached hydrogens (tertiary/aromatic N) is 1. The number of hydrogen-bond donors (Lipinski definition) is 3. The molecule has 0 aliphatic heterocycles. The average molecular weight is 189 g/mol. The molecule has 0 aromatic rings. The second-order valence-corrected chi connectivity index (χ2v) is 2.28. The van der Waals surface area contributed by atoms with Crippen LogP contribution in [0.5, 0.6) is 0 Å². The van der Waals surface area contributed by atoms with E-state index in [0.717, 1.165) is 20.0 Å². The third-order valence-corrected chi connectivity index (χ3v) is 1.30. The van der Waals surface area contributed by atoms with Crippen LogP contribution in [-0.4, -0.2) is 29.1 Å². The van der Waals surface area contributed by atoms with Crippen LogP contribution in [0.25, 0.3) is 0 Å². The molecule has 0 amide bonds. The van der Waals surface area contributed by atoms with E-state index in [9.17, 15) is 0 Å². The van der Waals surface area contributed by atoms with Crippen LogP contribution in [0.3, 0.4) is 0 Å². The maximum Gasteiger partial charge on any atom is 0.300 e. The third-order valence-electron chi connectivity index (χ3n) is 1.30. The summed E-state index contributed by atoms with van der Waals surface area (Å²) in [5, 5.41) is 7.42. The van der Waals surface area contributed by atoms with Gasteiger partial charge in [-0.25, -0.2) is 0 Å². The zero-order valence-corrected chi connectivity index (χ0v) is 8.45. The predicted octanol–water partition coefficient (Wildman–Crippen LogP) is 0.135. The molecule has 78 valence electrons. The van der Waals surface area contributed by atoms with E-state index >= 15 is 0 Å². The fourth-order valence-corrected chi connectivity index (χ4v) is 0.694. The van der Waals surface area contributed by atoms with E-state index in [4.69, 9.17) is 21.4 Å². The molecule has 5 heteroatoms. The van der Waals surface area contributed by atoms with Crippen molar-refractivity contribution >= 4 is 5.97 Å². The first-order chi connectivity index (χ1) is 5.99. The highest BCUT2D eigenvalue weighted by atomic mass is 16.4. The van der Waals surface area contributed by atoms with Gasteiger partial charge >= 0.3 is 0 Å². The Morgan fingerprint density at radius 3 is 1.85 bits per heavy atom. The van der Waals surface area contributed by atoms with Crippen LogP contribution in [-0.2, 0) is 4.79 Å². The number of nitrogens with two attached hydrogens (primary N) is 2. The van der Waals surface area contributed by atoms with Crippen molar-refractivity contribution in [3.63, 3.8) is 0 Å². The van der Waals surface area contributed by atoms with E-state index in [-0.39, 0.29) is 0 Å². The van der Waals surface area contributed by atoms with Gasteiger partial charge in [0.2, 0.25) is 0 Å². The van der Waals surface area contributed by atoms with E-state index in [1.807, 2.05) is 18.7 Å². The molecular weight excluding hydrogens is 170 g/mol. The monoisotopic (exact) mass is 189 g/mol. The smallest absolute Gasteiger partial charge is 0.300 e. The Morgan fingerprint density at radius 1 is 1.46 bits per heavy atom. The van der Waals surface area contributed by atoms with Crippen molar-refractivity contribution in [2.75, 3.05) is 13.1 Å². The molecule has 0 unspecified atom stereocenters. The second-order valence-electron chi connectivity index (χ2n) is 2.28. The normalized spacial score (nSPS) is 9.92. The van der Waals surface area contributed by atoms with Gasteiger partial charge in [0.15, 0.2) is 0 Å². The lowest BCUT2D eigenvalue weighted by Gasteiger charge is -2.19. The van der Waals surface area contributed by atoms with Crippen LogP contribution in [0.15, 0.2) is 12.0 Å². The van der Waals surface area contributed by atoms with Crippen molar-refractivity contribution in [3.8, 4) is 0 Å². The molecule has 0 aromatic heterocycles. The molecular formula is C8H19N3O2. The molecule has 0 aliphatic rings. The summed E-state index contributed by atoms with van der Waals surface area (Å²) in [6.45, 7) is 6.99. The van der Waals surface area contributed by atoms with Crippen LogP contribution >= 0.6 is 0 Å². The SMILES string of the molecule is CC(=O)O.CCN(CC)/C(N)=C/N. The molecule has 0 saturated heterocycles.